The fourth-order valence-corrected chi connectivity index (χ4v) is 1.24. The van der Waals surface area contributed by atoms with Gasteiger partial charge in [0.1, 0.15) is 0 Å². The Morgan fingerprint density at radius 1 is 1.11 bits per heavy atom. The molecule has 2 rings (SSSR count). The summed E-state index contributed by atoms with van der Waals surface area (Å²) < 4.78 is 0. The molecule has 0 bridgehead atoms. The summed E-state index contributed by atoms with van der Waals surface area (Å²) in [5.74, 6) is 0.421. The smallest absolute Gasteiger partial charge is 0.159 e. The van der Waals surface area contributed by atoms with Gasteiger partial charge in [-0.2, -0.15) is 0 Å². The summed E-state index contributed by atoms with van der Waals surface area (Å²) in [6, 6.07) is 0. The molecule has 2 atom stereocenters. The van der Waals surface area contributed by atoms with Crippen molar-refractivity contribution in [2.24, 2.45) is 11.8 Å². The van der Waals surface area contributed by atoms with Crippen molar-refractivity contribution in [3.8, 4) is 0 Å². The molecule has 9 heavy (non-hydrogen) atoms. The zero-order valence-corrected chi connectivity index (χ0v) is 4.83. The number of rotatable bonds is 0. The second-order valence-electron chi connectivity index (χ2n) is 2.59. The van der Waals surface area contributed by atoms with Gasteiger partial charge >= 0.3 is 0 Å². The lowest BCUT2D eigenvalue weighted by molar-refractivity contribution is -0.121. The fraction of sp³-hybridized carbons (Fsp3) is 0.429. The zero-order valence-electron chi connectivity index (χ0n) is 4.83. The summed E-state index contributed by atoms with van der Waals surface area (Å²) in [5.41, 5.74) is 0. The summed E-state index contributed by atoms with van der Waals surface area (Å²) in [4.78, 5) is 21.5. The minimum atomic E-state index is 0.0718. The van der Waals surface area contributed by atoms with Gasteiger partial charge < -0.3 is 0 Å². The van der Waals surface area contributed by atoms with E-state index in [2.05, 4.69) is 0 Å². The highest BCUT2D eigenvalue weighted by Crippen LogP contribution is 2.42. The summed E-state index contributed by atoms with van der Waals surface area (Å²) in [6.07, 6.45) is 3.59. The lowest BCUT2D eigenvalue weighted by atomic mass is 10.1. The van der Waals surface area contributed by atoms with E-state index in [1.807, 2.05) is 0 Å². The summed E-state index contributed by atoms with van der Waals surface area (Å²) in [7, 11) is 0. The maximum absolute atomic E-state index is 10.7. The largest absolute Gasteiger partial charge is 0.295 e. The first kappa shape index (κ1) is 4.91. The first-order chi connectivity index (χ1) is 4.29. The summed E-state index contributed by atoms with van der Waals surface area (Å²) >= 11 is 0. The van der Waals surface area contributed by atoms with Gasteiger partial charge in [0, 0.05) is 11.8 Å². The SMILES string of the molecule is O=C1C=CC(=O)C2CC12. The van der Waals surface area contributed by atoms with Gasteiger partial charge in [0.05, 0.1) is 0 Å². The van der Waals surface area contributed by atoms with Gasteiger partial charge in [-0.3, -0.25) is 9.59 Å². The molecular weight excluding hydrogens is 116 g/mol. The molecule has 0 aliphatic heterocycles. The van der Waals surface area contributed by atoms with Crippen LogP contribution in [0.15, 0.2) is 12.2 Å². The average molecular weight is 122 g/mol. The Balaban J connectivity index is 2.34. The number of hydrogen-bond acceptors (Lipinski definition) is 2. The standard InChI is InChI=1S/C7H6O2/c8-6-1-2-7(9)5-3-4(5)6/h1-2,4-5H,3H2. The van der Waals surface area contributed by atoms with Crippen molar-refractivity contribution in [2.75, 3.05) is 0 Å². The van der Waals surface area contributed by atoms with Crippen molar-refractivity contribution in [1.29, 1.82) is 0 Å². The highest BCUT2D eigenvalue weighted by atomic mass is 16.1. The second kappa shape index (κ2) is 1.32. The van der Waals surface area contributed by atoms with Gasteiger partial charge in [-0.25, -0.2) is 0 Å². The Bertz CT molecular complexity index is 193. The molecule has 2 nitrogen and oxygen atoms in total. The molecule has 0 aromatic rings. The van der Waals surface area contributed by atoms with E-state index in [0.717, 1.165) is 6.42 Å². The van der Waals surface area contributed by atoms with Crippen LogP contribution in [0.3, 0.4) is 0 Å². The third-order valence-corrected chi connectivity index (χ3v) is 1.93. The molecule has 0 aromatic carbocycles. The van der Waals surface area contributed by atoms with Crippen molar-refractivity contribution >= 4 is 11.6 Å². The number of carbonyl (C=O) groups is 2. The average Bonchev–Trinajstić information content (AvgIpc) is 2.57. The normalized spacial score (nSPS) is 38.7. The molecule has 0 amide bonds. The topological polar surface area (TPSA) is 34.1 Å². The van der Waals surface area contributed by atoms with Crippen LogP contribution in [0.25, 0.3) is 0 Å². The third kappa shape index (κ3) is 0.559. The van der Waals surface area contributed by atoms with Gasteiger partial charge in [0.2, 0.25) is 0 Å². The highest BCUT2D eigenvalue weighted by Gasteiger charge is 2.47. The van der Waals surface area contributed by atoms with E-state index in [9.17, 15) is 9.59 Å². The number of fused-ring (bicyclic) bond motifs is 1. The molecule has 2 aliphatic carbocycles. The Kier molecular flexibility index (Phi) is 0.721. The van der Waals surface area contributed by atoms with Gasteiger partial charge in [-0.1, -0.05) is 0 Å². The number of allylic oxidation sites excluding steroid dienone is 2. The quantitative estimate of drug-likeness (QED) is 0.464. The van der Waals surface area contributed by atoms with Crippen LogP contribution in [0.1, 0.15) is 6.42 Å². The summed E-state index contributed by atoms with van der Waals surface area (Å²) in [6.45, 7) is 0. The Labute approximate surface area is 52.6 Å². The second-order valence-corrected chi connectivity index (χ2v) is 2.59. The van der Waals surface area contributed by atoms with E-state index in [-0.39, 0.29) is 23.4 Å². The van der Waals surface area contributed by atoms with Crippen LogP contribution in [-0.4, -0.2) is 11.6 Å². The first-order valence-electron chi connectivity index (χ1n) is 3.05. The maximum Gasteiger partial charge on any atom is 0.159 e. The minimum absolute atomic E-state index is 0.0718. The predicted molar refractivity (Wildman–Crippen MR) is 30.8 cm³/mol. The molecule has 2 heteroatoms. The highest BCUT2D eigenvalue weighted by molar-refractivity contribution is 6.10. The maximum atomic E-state index is 10.7. The zero-order chi connectivity index (χ0) is 6.43. The van der Waals surface area contributed by atoms with Crippen molar-refractivity contribution in [3.05, 3.63) is 12.2 Å². The van der Waals surface area contributed by atoms with Crippen LogP contribution in [0, 0.1) is 11.8 Å². The van der Waals surface area contributed by atoms with E-state index in [1.54, 1.807) is 0 Å². The van der Waals surface area contributed by atoms with Crippen LogP contribution in [0.2, 0.25) is 0 Å². The molecule has 46 valence electrons. The van der Waals surface area contributed by atoms with Crippen LogP contribution in [-0.2, 0) is 9.59 Å². The molecular formula is C7H6O2. The van der Waals surface area contributed by atoms with Gasteiger partial charge in [0.25, 0.3) is 0 Å². The van der Waals surface area contributed by atoms with Crippen LogP contribution in [0.4, 0.5) is 0 Å². The number of hydrogen-bond donors (Lipinski definition) is 0. The number of carbonyl (C=O) groups excluding carboxylic acids is 2. The van der Waals surface area contributed by atoms with E-state index in [4.69, 9.17) is 0 Å². The Morgan fingerprint density at radius 2 is 1.56 bits per heavy atom. The molecule has 0 heterocycles. The molecule has 0 radical (unpaired) electrons. The van der Waals surface area contributed by atoms with Crippen molar-refractivity contribution < 1.29 is 9.59 Å². The fourth-order valence-electron chi connectivity index (χ4n) is 1.24. The van der Waals surface area contributed by atoms with Crippen molar-refractivity contribution in [2.45, 2.75) is 6.42 Å². The van der Waals surface area contributed by atoms with Crippen LogP contribution in [0.5, 0.6) is 0 Å². The predicted octanol–water partition coefficient (Wildman–Crippen LogP) is 0.330. The van der Waals surface area contributed by atoms with Gasteiger partial charge in [-0.05, 0) is 18.6 Å². The van der Waals surface area contributed by atoms with Crippen molar-refractivity contribution in [1.82, 2.24) is 0 Å². The third-order valence-electron chi connectivity index (χ3n) is 1.93. The molecule has 0 spiro atoms. The monoisotopic (exact) mass is 122 g/mol. The van der Waals surface area contributed by atoms with Crippen LogP contribution >= 0.6 is 0 Å². The molecule has 2 aliphatic rings. The van der Waals surface area contributed by atoms with Crippen LogP contribution < -0.4 is 0 Å². The number of ketones is 2. The minimum Gasteiger partial charge on any atom is -0.295 e. The molecule has 1 saturated carbocycles. The molecule has 0 saturated heterocycles. The first-order valence-corrected chi connectivity index (χ1v) is 3.05. The van der Waals surface area contributed by atoms with Gasteiger partial charge in [-0.15, -0.1) is 0 Å². The lowest BCUT2D eigenvalue weighted by Gasteiger charge is -1.96. The summed E-state index contributed by atoms with van der Waals surface area (Å²) in [5, 5.41) is 0. The van der Waals surface area contributed by atoms with E-state index in [1.165, 1.54) is 12.2 Å². The molecule has 2 unspecified atom stereocenters. The Morgan fingerprint density at radius 3 is 2.00 bits per heavy atom. The molecule has 0 aromatic heterocycles. The van der Waals surface area contributed by atoms with E-state index in [0.29, 0.717) is 0 Å². The van der Waals surface area contributed by atoms with Gasteiger partial charge in [0.15, 0.2) is 11.6 Å². The Hall–Kier alpha value is -0.920. The lowest BCUT2D eigenvalue weighted by Crippen LogP contribution is -2.09. The molecule has 1 fully saturated rings. The molecule has 0 N–H and O–H groups in total. The van der Waals surface area contributed by atoms with Crippen molar-refractivity contribution in [3.63, 3.8) is 0 Å². The van der Waals surface area contributed by atoms with E-state index >= 15 is 0 Å². The van der Waals surface area contributed by atoms with E-state index < -0.39 is 0 Å².